The minimum absolute atomic E-state index is 0.0525. The van der Waals surface area contributed by atoms with Crippen LogP contribution in [-0.4, -0.2) is 96.6 Å². The lowest BCUT2D eigenvalue weighted by Crippen LogP contribution is -2.55. The minimum Gasteiger partial charge on any atom is -0.490 e. The Bertz CT molecular complexity index is 2130. The van der Waals surface area contributed by atoms with Crippen LogP contribution in [0.15, 0.2) is 30.4 Å². The van der Waals surface area contributed by atoms with E-state index in [-0.39, 0.29) is 67.7 Å². The van der Waals surface area contributed by atoms with Crippen LogP contribution in [0.4, 0.5) is 13.2 Å². The number of hydrogen-bond acceptors (Lipinski definition) is 10. The second-order valence-corrected chi connectivity index (χ2v) is 19.8. The fraction of sp³-hybridized carbons (Fsp3) is 0.647. The molecule has 1 aromatic heterocycles. The molecule has 4 fully saturated rings. The molecule has 1 aromatic carbocycles. The lowest BCUT2D eigenvalue weighted by Gasteiger charge is -2.37. The molecule has 2 saturated carbocycles. The normalized spacial score (nSPS) is 27.6. The second-order valence-electron chi connectivity index (χ2n) is 19.8. The van der Waals surface area contributed by atoms with Crippen molar-refractivity contribution >= 4 is 41.4 Å². The molecule has 0 bridgehead atoms. The van der Waals surface area contributed by atoms with Crippen LogP contribution < -0.4 is 20.1 Å². The molecule has 3 unspecified atom stereocenters. The van der Waals surface area contributed by atoms with Crippen molar-refractivity contribution in [3.63, 3.8) is 0 Å². The molecule has 3 amide bonds. The topological polar surface area (TPSA) is 162 Å². The number of benzene rings is 1. The van der Waals surface area contributed by atoms with Gasteiger partial charge in [0, 0.05) is 49.1 Å². The van der Waals surface area contributed by atoms with Crippen LogP contribution in [0, 0.1) is 36.0 Å². The maximum atomic E-state index is 14.9. The van der Waals surface area contributed by atoms with E-state index in [1.807, 2.05) is 32.8 Å². The smallest absolute Gasteiger partial charge is 0.437 e. The summed E-state index contributed by atoms with van der Waals surface area (Å²) in [6, 6.07) is 3.66. The molecular formula is C51H69F3N4O9. The lowest BCUT2D eigenvalue weighted by molar-refractivity contribution is -0.155. The molecular weight excluding hydrogens is 870 g/mol. The van der Waals surface area contributed by atoms with Gasteiger partial charge in [-0.15, -0.1) is 12.8 Å². The summed E-state index contributed by atoms with van der Waals surface area (Å²) in [6.07, 6.45) is 14.6. The molecule has 4 aliphatic heterocycles. The zero-order chi connectivity index (χ0) is 49.3. The number of fused-ring (bicyclic) bond motifs is 5. The molecule has 5 heterocycles. The summed E-state index contributed by atoms with van der Waals surface area (Å²) < 4.78 is 68.5. The highest BCUT2D eigenvalue weighted by atomic mass is 19.4. The van der Waals surface area contributed by atoms with E-state index in [1.165, 1.54) is 30.9 Å². The monoisotopic (exact) mass is 939 g/mol. The third-order valence-electron chi connectivity index (χ3n) is 13.9. The van der Waals surface area contributed by atoms with Crippen LogP contribution in [0.1, 0.15) is 129 Å². The molecule has 2 aromatic rings. The largest absolute Gasteiger partial charge is 0.490 e. The van der Waals surface area contributed by atoms with Gasteiger partial charge in [-0.2, -0.15) is 13.2 Å². The fourth-order valence-corrected chi connectivity index (χ4v) is 9.18. The van der Waals surface area contributed by atoms with Crippen molar-refractivity contribution in [1.82, 2.24) is 20.5 Å². The molecule has 2 aliphatic carbocycles. The number of ether oxygens (including phenoxy) is 4. The van der Waals surface area contributed by atoms with Crippen molar-refractivity contribution in [2.45, 2.75) is 160 Å². The van der Waals surface area contributed by atoms with E-state index in [1.54, 1.807) is 19.1 Å². The van der Waals surface area contributed by atoms with Gasteiger partial charge in [-0.3, -0.25) is 19.2 Å². The highest BCUT2D eigenvalue weighted by Crippen LogP contribution is 2.50. The van der Waals surface area contributed by atoms with Crippen molar-refractivity contribution < 1.29 is 56.1 Å². The van der Waals surface area contributed by atoms with Crippen LogP contribution >= 0.6 is 0 Å². The van der Waals surface area contributed by atoms with Crippen LogP contribution in [0.2, 0.25) is 0 Å². The van der Waals surface area contributed by atoms with Gasteiger partial charge in [0.1, 0.15) is 41.9 Å². The fourth-order valence-electron chi connectivity index (χ4n) is 9.18. The Labute approximate surface area is 393 Å². The third kappa shape index (κ3) is 12.9. The number of hydrogen-bond donors (Lipinski definition) is 2. The van der Waals surface area contributed by atoms with E-state index in [2.05, 4.69) is 42.3 Å². The Morgan fingerprint density at radius 3 is 2.34 bits per heavy atom. The first kappa shape index (κ1) is 52.8. The van der Waals surface area contributed by atoms with Gasteiger partial charge in [-0.1, -0.05) is 52.7 Å². The number of aryl methyl sites for hydroxylation is 1. The van der Waals surface area contributed by atoms with Crippen molar-refractivity contribution in [2.24, 2.45) is 23.2 Å². The lowest BCUT2D eigenvalue weighted by atomic mass is 9.87. The standard InChI is InChI=1S/C43H55F3N4O8.C5H10.C2H2.CH2O/c1-25(2)26(3)56-35(51)20-27-10-8-6-5-7-9-11-28-22-42(28,40(54)47-4)49-38(52)34-23-41(24-50(34)39(27)53)17-14-31-32-21-30(57-29-15-18-55-19-16-29)12-13-33(32)48-37(36(31)58-41)43(44,45)46;1-5(2)3-4-5;2*1-2/h9,11-13,21,25-29,34H,5-8,10,14-20,22-24H2,1-4H3,(H,47,54)(H,49,52);3-4H2,1-2H3;1-2H;1H2/b11-9-;;;/t26?,27-,28-,34?,41-,42?;;;/m1.../s1. The molecule has 0 radical (unpaired) electrons. The number of esters is 1. The van der Waals surface area contributed by atoms with Gasteiger partial charge >= 0.3 is 12.1 Å². The zero-order valence-electron chi connectivity index (χ0n) is 39.9. The first-order chi connectivity index (χ1) is 31.8. The molecule has 6 atom stereocenters. The van der Waals surface area contributed by atoms with E-state index in [0.717, 1.165) is 24.7 Å². The number of carbonyl (C=O) groups excluding carboxylic acids is 5. The average Bonchev–Trinajstić information content (AvgIpc) is 4.17. The summed E-state index contributed by atoms with van der Waals surface area (Å²) in [5.74, 6) is -2.98. The number of nitrogens with zero attached hydrogens (tertiary/aromatic N) is 2. The van der Waals surface area contributed by atoms with Gasteiger partial charge in [0.2, 0.25) is 17.7 Å². The molecule has 2 saturated heterocycles. The van der Waals surface area contributed by atoms with Crippen molar-refractivity contribution in [2.75, 3.05) is 26.8 Å². The Morgan fingerprint density at radius 2 is 1.72 bits per heavy atom. The Kier molecular flexibility index (Phi) is 17.6. The van der Waals surface area contributed by atoms with E-state index in [4.69, 9.17) is 23.7 Å². The number of allylic oxidation sites excluding steroid dienone is 1. The predicted molar refractivity (Wildman–Crippen MR) is 247 cm³/mol. The number of likely N-dealkylation sites (N-methyl/N-ethyl adjacent to an activating group) is 1. The summed E-state index contributed by atoms with van der Waals surface area (Å²) in [6.45, 7) is 13.2. The van der Waals surface area contributed by atoms with Crippen LogP contribution in [0.25, 0.3) is 10.9 Å². The van der Waals surface area contributed by atoms with Gasteiger partial charge in [-0.05, 0) is 87.8 Å². The average molecular weight is 939 g/mol. The Morgan fingerprint density at radius 1 is 1.03 bits per heavy atom. The molecule has 2 N–H and O–H groups in total. The third-order valence-corrected chi connectivity index (χ3v) is 13.9. The maximum absolute atomic E-state index is 14.9. The number of alkyl halides is 3. The summed E-state index contributed by atoms with van der Waals surface area (Å²) in [4.78, 5) is 69.3. The molecule has 368 valence electrons. The van der Waals surface area contributed by atoms with Gasteiger partial charge in [-0.25, -0.2) is 4.98 Å². The van der Waals surface area contributed by atoms with Gasteiger partial charge in [0.15, 0.2) is 11.4 Å². The SMILES string of the molecule is C#C.C=O.CC1(C)CC1.CNC(=O)C12C[C@H]1/C=C\CCCCC[C@H](CC(=O)OC(C)C(C)C)C(=O)N1C[C@@]3(CCc4c(c(C(F)(F)F)nc5ccc(OC6CCOCC6)cc45)O3)CC1C(=O)N2. The minimum atomic E-state index is -4.88. The molecule has 1 spiro atoms. The summed E-state index contributed by atoms with van der Waals surface area (Å²) >= 11 is 0. The molecule has 8 rings (SSSR count). The van der Waals surface area contributed by atoms with Crippen molar-refractivity contribution in [3.05, 3.63) is 41.6 Å². The summed E-state index contributed by atoms with van der Waals surface area (Å²) in [7, 11) is 1.49. The maximum Gasteiger partial charge on any atom is 0.437 e. The number of pyridine rings is 1. The quantitative estimate of drug-likeness (QED) is 0.158. The number of carbonyl (C=O) groups is 5. The van der Waals surface area contributed by atoms with Gasteiger partial charge < -0.3 is 39.3 Å². The predicted octanol–water partition coefficient (Wildman–Crippen LogP) is 8.08. The summed E-state index contributed by atoms with van der Waals surface area (Å²) in [5, 5.41) is 6.09. The van der Waals surface area contributed by atoms with E-state index in [0.29, 0.717) is 62.0 Å². The van der Waals surface area contributed by atoms with Crippen molar-refractivity contribution in [3.8, 4) is 24.3 Å². The summed E-state index contributed by atoms with van der Waals surface area (Å²) in [5.41, 5.74) is -2.60. The number of aromatic nitrogens is 1. The molecule has 16 heteroatoms. The van der Waals surface area contributed by atoms with Crippen molar-refractivity contribution in [1.29, 1.82) is 0 Å². The zero-order valence-corrected chi connectivity index (χ0v) is 39.9. The van der Waals surface area contributed by atoms with Gasteiger partial charge in [0.05, 0.1) is 31.7 Å². The number of halogens is 3. The van der Waals surface area contributed by atoms with E-state index in [9.17, 15) is 32.3 Å². The van der Waals surface area contributed by atoms with Gasteiger partial charge in [0.25, 0.3) is 0 Å². The highest BCUT2D eigenvalue weighted by Gasteiger charge is 2.62. The molecule has 67 heavy (non-hydrogen) atoms. The molecule has 13 nitrogen and oxygen atoms in total. The number of rotatable bonds is 7. The highest BCUT2D eigenvalue weighted by molar-refractivity contribution is 5.98. The first-order valence-corrected chi connectivity index (χ1v) is 23.6. The van der Waals surface area contributed by atoms with Crippen LogP contribution in [-0.2, 0) is 46.0 Å². The van der Waals surface area contributed by atoms with E-state index < -0.39 is 58.5 Å². The van der Waals surface area contributed by atoms with Crippen LogP contribution in [0.3, 0.4) is 0 Å². The Hall–Kier alpha value is -5.17. The van der Waals surface area contributed by atoms with E-state index >= 15 is 0 Å². The second kappa shape index (κ2) is 22.3. The molecule has 6 aliphatic rings. The first-order valence-electron chi connectivity index (χ1n) is 23.6. The Balaban J connectivity index is 0.000000855. The number of terminal acetylenes is 1. The van der Waals surface area contributed by atoms with Crippen LogP contribution in [0.5, 0.6) is 11.5 Å². The number of nitrogens with one attached hydrogen (secondary N) is 2. The number of amides is 3.